The third kappa shape index (κ3) is 3.03. The number of carbonyl (C=O) groups excluding carboxylic acids is 1. The van der Waals surface area contributed by atoms with Gasteiger partial charge in [0.2, 0.25) is 0 Å². The summed E-state index contributed by atoms with van der Waals surface area (Å²) in [6.07, 6.45) is -5.70. The van der Waals surface area contributed by atoms with Gasteiger partial charge in [-0.2, -0.15) is 13.2 Å². The molecule has 0 bridgehead atoms. The second-order valence-electron chi connectivity index (χ2n) is 3.43. The average Bonchev–Trinajstić information content (AvgIpc) is 2.26. The molecule has 6 heteroatoms. The molecular weight excluding hydrogens is 240 g/mol. The Morgan fingerprint density at radius 1 is 1.35 bits per heavy atom. The molecule has 1 aromatic rings. The van der Waals surface area contributed by atoms with Crippen LogP contribution < -0.4 is 0 Å². The maximum atomic E-state index is 12.9. The fourth-order valence-electron chi connectivity index (χ4n) is 1.24. The largest absolute Gasteiger partial charge is 0.419 e. The first kappa shape index (κ1) is 13.6. The van der Waals surface area contributed by atoms with E-state index in [1.54, 1.807) is 0 Å². The summed E-state index contributed by atoms with van der Waals surface area (Å²) in [6, 6.07) is 2.12. The van der Waals surface area contributed by atoms with Crippen LogP contribution in [0.4, 0.5) is 17.6 Å². The van der Waals surface area contributed by atoms with Gasteiger partial charge in [0.05, 0.1) is 5.56 Å². The fourth-order valence-corrected chi connectivity index (χ4v) is 1.24. The lowest BCUT2D eigenvalue weighted by Gasteiger charge is -2.12. The molecule has 0 fully saturated rings. The number of benzene rings is 1. The normalized spacial score (nSPS) is 13.5. The van der Waals surface area contributed by atoms with Crippen LogP contribution in [0.5, 0.6) is 0 Å². The number of Topliss-reactive ketones (excluding diaryl/α,β-unsaturated/α-hetero) is 1. The van der Waals surface area contributed by atoms with Gasteiger partial charge in [0.15, 0.2) is 5.78 Å². The van der Waals surface area contributed by atoms with Gasteiger partial charge in [-0.3, -0.25) is 4.79 Å². The minimum atomic E-state index is -4.82. The zero-order valence-corrected chi connectivity index (χ0v) is 9.14. The average molecular weight is 250 g/mol. The molecule has 0 aliphatic rings. The van der Waals surface area contributed by atoms with Crippen LogP contribution in [-0.2, 0) is 10.9 Å². The van der Waals surface area contributed by atoms with E-state index in [9.17, 15) is 22.4 Å². The van der Waals surface area contributed by atoms with E-state index in [4.69, 9.17) is 4.74 Å². The molecule has 1 rings (SSSR count). The highest BCUT2D eigenvalue weighted by Gasteiger charge is 2.34. The number of halogens is 4. The van der Waals surface area contributed by atoms with Gasteiger partial charge < -0.3 is 4.74 Å². The number of methoxy groups -OCH3 is 1. The van der Waals surface area contributed by atoms with Crippen LogP contribution in [0.25, 0.3) is 0 Å². The minimum absolute atomic E-state index is 0.229. The van der Waals surface area contributed by atoms with Crippen LogP contribution in [-0.4, -0.2) is 19.0 Å². The van der Waals surface area contributed by atoms with E-state index in [2.05, 4.69) is 0 Å². The van der Waals surface area contributed by atoms with Crippen molar-refractivity contribution >= 4 is 5.78 Å². The Hall–Kier alpha value is -1.43. The number of alkyl halides is 3. The molecular formula is C11H10F4O2. The van der Waals surface area contributed by atoms with Crippen molar-refractivity contribution in [1.29, 1.82) is 0 Å². The summed E-state index contributed by atoms with van der Waals surface area (Å²) in [5.74, 6) is -2.03. The molecule has 0 saturated carbocycles. The van der Waals surface area contributed by atoms with Crippen molar-refractivity contribution < 1.29 is 27.1 Å². The molecule has 2 nitrogen and oxygen atoms in total. The second kappa shape index (κ2) is 4.83. The first-order chi connectivity index (χ1) is 7.77. The van der Waals surface area contributed by atoms with E-state index in [1.807, 2.05) is 0 Å². The molecule has 94 valence electrons. The Morgan fingerprint density at radius 3 is 2.41 bits per heavy atom. The van der Waals surface area contributed by atoms with E-state index >= 15 is 0 Å². The molecule has 0 N–H and O–H groups in total. The topological polar surface area (TPSA) is 26.3 Å². The minimum Gasteiger partial charge on any atom is -0.374 e. The number of hydrogen-bond donors (Lipinski definition) is 0. The van der Waals surface area contributed by atoms with Crippen LogP contribution in [0.15, 0.2) is 18.2 Å². The Bertz CT molecular complexity index is 426. The molecule has 0 aliphatic heterocycles. The predicted octanol–water partition coefficient (Wildman–Crippen LogP) is 3.06. The summed E-state index contributed by atoms with van der Waals surface area (Å²) >= 11 is 0. The van der Waals surface area contributed by atoms with Crippen molar-refractivity contribution in [2.24, 2.45) is 0 Å². The lowest BCUT2D eigenvalue weighted by molar-refractivity contribution is -0.140. The van der Waals surface area contributed by atoms with E-state index in [0.29, 0.717) is 12.1 Å². The summed E-state index contributed by atoms with van der Waals surface area (Å²) in [4.78, 5) is 11.6. The smallest absolute Gasteiger partial charge is 0.374 e. The number of hydrogen-bond acceptors (Lipinski definition) is 2. The monoisotopic (exact) mass is 250 g/mol. The van der Waals surface area contributed by atoms with Crippen molar-refractivity contribution in [2.75, 3.05) is 7.11 Å². The van der Waals surface area contributed by atoms with Crippen LogP contribution >= 0.6 is 0 Å². The molecule has 0 amide bonds. The zero-order valence-electron chi connectivity index (χ0n) is 9.14. The Morgan fingerprint density at radius 2 is 1.94 bits per heavy atom. The Kier molecular flexibility index (Phi) is 3.87. The van der Waals surface area contributed by atoms with E-state index in [1.165, 1.54) is 14.0 Å². The summed E-state index contributed by atoms with van der Waals surface area (Å²) in [5, 5.41) is 0. The molecule has 1 aromatic carbocycles. The lowest BCUT2D eigenvalue weighted by atomic mass is 10.0. The first-order valence-corrected chi connectivity index (χ1v) is 4.71. The first-order valence-electron chi connectivity index (χ1n) is 4.71. The molecule has 1 atom stereocenters. The number of ketones is 1. The quantitative estimate of drug-likeness (QED) is 0.608. The predicted molar refractivity (Wildman–Crippen MR) is 52.2 cm³/mol. The van der Waals surface area contributed by atoms with Gasteiger partial charge in [0.1, 0.15) is 11.9 Å². The number of carbonyl (C=O) groups is 1. The van der Waals surface area contributed by atoms with Crippen molar-refractivity contribution in [2.45, 2.75) is 19.2 Å². The standard InChI is InChI=1S/C11H10F4O2/c1-6(17-2)10(16)7-3-4-9(12)8(5-7)11(13,14)15/h3-6H,1-2H3. The molecule has 0 heterocycles. The molecule has 1 unspecified atom stereocenters. The van der Waals surface area contributed by atoms with Crippen molar-refractivity contribution in [1.82, 2.24) is 0 Å². The fraction of sp³-hybridized carbons (Fsp3) is 0.364. The highest BCUT2D eigenvalue weighted by atomic mass is 19.4. The molecule has 0 radical (unpaired) electrons. The molecule has 17 heavy (non-hydrogen) atoms. The summed E-state index contributed by atoms with van der Waals surface area (Å²) < 4.78 is 54.8. The molecule has 0 aromatic heterocycles. The summed E-state index contributed by atoms with van der Waals surface area (Å²) in [7, 11) is 1.26. The highest BCUT2D eigenvalue weighted by Crippen LogP contribution is 2.32. The van der Waals surface area contributed by atoms with Crippen molar-refractivity contribution in [3.63, 3.8) is 0 Å². The van der Waals surface area contributed by atoms with E-state index in [-0.39, 0.29) is 5.56 Å². The second-order valence-corrected chi connectivity index (χ2v) is 3.43. The summed E-state index contributed by atoms with van der Waals surface area (Å²) in [5.41, 5.74) is -1.68. The van der Waals surface area contributed by atoms with Gasteiger partial charge in [-0.15, -0.1) is 0 Å². The molecule has 0 saturated heterocycles. The summed E-state index contributed by atoms with van der Waals surface area (Å²) in [6.45, 7) is 1.40. The van der Waals surface area contributed by atoms with E-state index < -0.39 is 29.4 Å². The van der Waals surface area contributed by atoms with Crippen LogP contribution in [0.2, 0.25) is 0 Å². The number of rotatable bonds is 3. The van der Waals surface area contributed by atoms with Gasteiger partial charge in [0.25, 0.3) is 0 Å². The van der Waals surface area contributed by atoms with Gasteiger partial charge >= 0.3 is 6.18 Å². The van der Waals surface area contributed by atoms with Crippen molar-refractivity contribution in [3.8, 4) is 0 Å². The SMILES string of the molecule is COC(C)C(=O)c1ccc(F)c(C(F)(F)F)c1. The molecule has 0 aliphatic carbocycles. The van der Waals surface area contributed by atoms with Gasteiger partial charge in [-0.05, 0) is 25.1 Å². The maximum Gasteiger partial charge on any atom is 0.419 e. The third-order valence-corrected chi connectivity index (χ3v) is 2.28. The van der Waals surface area contributed by atoms with Crippen LogP contribution in [0.3, 0.4) is 0 Å². The Balaban J connectivity index is 3.18. The van der Waals surface area contributed by atoms with E-state index in [0.717, 1.165) is 6.07 Å². The van der Waals surface area contributed by atoms with Crippen LogP contribution in [0, 0.1) is 5.82 Å². The lowest BCUT2D eigenvalue weighted by Crippen LogP contribution is -2.20. The molecule has 0 spiro atoms. The van der Waals surface area contributed by atoms with Crippen LogP contribution in [0.1, 0.15) is 22.8 Å². The maximum absolute atomic E-state index is 12.9. The number of ether oxygens (including phenoxy) is 1. The third-order valence-electron chi connectivity index (χ3n) is 2.28. The van der Waals surface area contributed by atoms with Gasteiger partial charge in [0, 0.05) is 12.7 Å². The Labute approximate surface area is 95.2 Å². The zero-order chi connectivity index (χ0) is 13.2. The van der Waals surface area contributed by atoms with Crippen molar-refractivity contribution in [3.05, 3.63) is 35.1 Å². The van der Waals surface area contributed by atoms with Gasteiger partial charge in [-0.1, -0.05) is 0 Å². The van der Waals surface area contributed by atoms with Gasteiger partial charge in [-0.25, -0.2) is 4.39 Å². The highest BCUT2D eigenvalue weighted by molar-refractivity contribution is 5.99.